The molecule has 1 aliphatic carbocycles. The fourth-order valence-electron chi connectivity index (χ4n) is 3.44. The van der Waals surface area contributed by atoms with Gasteiger partial charge in [0.2, 0.25) is 0 Å². The minimum absolute atomic E-state index is 0.630. The summed E-state index contributed by atoms with van der Waals surface area (Å²) in [6.45, 7) is 2.36. The standard InChI is InChI=1S/C17H23N3/c1-12-5-3-6-13(11-12)20(2)16-9-10-19-17-14(16)7-4-8-15(17)18/h4,7-10,12-13H,3,5-6,11,18H2,1-2H3. The van der Waals surface area contributed by atoms with Crippen molar-refractivity contribution in [3.8, 4) is 0 Å². The zero-order valence-corrected chi connectivity index (χ0v) is 12.3. The van der Waals surface area contributed by atoms with Gasteiger partial charge in [0.25, 0.3) is 0 Å². The van der Waals surface area contributed by atoms with Crippen LogP contribution < -0.4 is 10.6 Å². The van der Waals surface area contributed by atoms with Crippen LogP contribution in [0.5, 0.6) is 0 Å². The minimum atomic E-state index is 0.630. The summed E-state index contributed by atoms with van der Waals surface area (Å²) in [7, 11) is 2.21. The summed E-state index contributed by atoms with van der Waals surface area (Å²) in [5.41, 5.74) is 8.97. The first-order chi connectivity index (χ1) is 9.66. The van der Waals surface area contributed by atoms with Crippen LogP contribution >= 0.6 is 0 Å². The highest BCUT2D eigenvalue weighted by atomic mass is 15.1. The van der Waals surface area contributed by atoms with Gasteiger partial charge in [-0.2, -0.15) is 0 Å². The molecular formula is C17H23N3. The number of para-hydroxylation sites is 1. The van der Waals surface area contributed by atoms with Gasteiger partial charge in [0.15, 0.2) is 0 Å². The van der Waals surface area contributed by atoms with Crippen molar-refractivity contribution in [2.24, 2.45) is 5.92 Å². The third-order valence-corrected chi connectivity index (χ3v) is 4.62. The molecule has 0 bridgehead atoms. The summed E-state index contributed by atoms with van der Waals surface area (Å²) in [5, 5.41) is 1.16. The van der Waals surface area contributed by atoms with Gasteiger partial charge >= 0.3 is 0 Å². The lowest BCUT2D eigenvalue weighted by atomic mass is 9.86. The second-order valence-corrected chi connectivity index (χ2v) is 6.11. The average Bonchev–Trinajstić information content (AvgIpc) is 2.46. The molecule has 106 valence electrons. The summed E-state index contributed by atoms with van der Waals surface area (Å²) in [5.74, 6) is 0.828. The summed E-state index contributed by atoms with van der Waals surface area (Å²) in [4.78, 5) is 6.86. The van der Waals surface area contributed by atoms with Crippen LogP contribution in [-0.4, -0.2) is 18.1 Å². The number of aromatic nitrogens is 1. The fourth-order valence-corrected chi connectivity index (χ4v) is 3.44. The molecule has 3 heteroatoms. The molecule has 1 aliphatic rings. The van der Waals surface area contributed by atoms with E-state index in [9.17, 15) is 0 Å². The number of benzene rings is 1. The van der Waals surface area contributed by atoms with Crippen LogP contribution in [0.25, 0.3) is 10.9 Å². The predicted molar refractivity (Wildman–Crippen MR) is 86.0 cm³/mol. The van der Waals surface area contributed by atoms with Crippen molar-refractivity contribution < 1.29 is 0 Å². The SMILES string of the molecule is CC1CCCC(N(C)c2ccnc3c(N)cccc23)C1. The molecule has 0 saturated heterocycles. The van der Waals surface area contributed by atoms with Gasteiger partial charge < -0.3 is 10.6 Å². The molecule has 2 atom stereocenters. The van der Waals surface area contributed by atoms with Crippen LogP contribution in [0.4, 0.5) is 11.4 Å². The summed E-state index contributed by atoms with van der Waals surface area (Å²) in [6, 6.07) is 8.80. The van der Waals surface area contributed by atoms with Crippen molar-refractivity contribution in [1.82, 2.24) is 4.98 Å². The molecule has 0 spiro atoms. The Kier molecular flexibility index (Phi) is 3.51. The quantitative estimate of drug-likeness (QED) is 0.842. The molecule has 0 amide bonds. The third-order valence-electron chi connectivity index (χ3n) is 4.62. The Morgan fingerprint density at radius 2 is 2.10 bits per heavy atom. The Balaban J connectivity index is 1.99. The number of pyridine rings is 1. The summed E-state index contributed by atoms with van der Waals surface area (Å²) in [6.07, 6.45) is 7.14. The van der Waals surface area contributed by atoms with Gasteiger partial charge in [0.1, 0.15) is 0 Å². The lowest BCUT2D eigenvalue weighted by Gasteiger charge is -2.36. The summed E-state index contributed by atoms with van der Waals surface area (Å²) >= 11 is 0. The van der Waals surface area contributed by atoms with Crippen molar-refractivity contribution in [1.29, 1.82) is 0 Å². The van der Waals surface area contributed by atoms with Crippen LogP contribution in [0, 0.1) is 5.92 Å². The molecule has 20 heavy (non-hydrogen) atoms. The normalized spacial score (nSPS) is 22.9. The number of fused-ring (bicyclic) bond motifs is 1. The maximum Gasteiger partial charge on any atom is 0.0951 e. The van der Waals surface area contributed by atoms with Crippen LogP contribution in [0.1, 0.15) is 32.6 Å². The number of anilines is 2. The van der Waals surface area contributed by atoms with E-state index in [1.165, 1.54) is 31.4 Å². The van der Waals surface area contributed by atoms with E-state index in [1.807, 2.05) is 18.3 Å². The lowest BCUT2D eigenvalue weighted by molar-refractivity contribution is 0.337. The molecule has 1 aromatic carbocycles. The number of nitrogens with zero attached hydrogens (tertiary/aromatic N) is 2. The molecular weight excluding hydrogens is 246 g/mol. The molecule has 0 aliphatic heterocycles. The van der Waals surface area contributed by atoms with Gasteiger partial charge in [-0.25, -0.2) is 0 Å². The average molecular weight is 269 g/mol. The maximum atomic E-state index is 6.04. The monoisotopic (exact) mass is 269 g/mol. The minimum Gasteiger partial charge on any atom is -0.397 e. The molecule has 1 aromatic heterocycles. The van der Waals surface area contributed by atoms with Gasteiger partial charge in [-0.1, -0.05) is 31.9 Å². The number of nitrogen functional groups attached to an aromatic ring is 1. The van der Waals surface area contributed by atoms with E-state index in [1.54, 1.807) is 0 Å². The van der Waals surface area contributed by atoms with E-state index in [-0.39, 0.29) is 0 Å². The highest BCUT2D eigenvalue weighted by Gasteiger charge is 2.23. The molecule has 0 radical (unpaired) electrons. The molecule has 2 N–H and O–H groups in total. The second-order valence-electron chi connectivity index (χ2n) is 6.11. The Labute approximate surface area is 120 Å². The number of hydrogen-bond acceptors (Lipinski definition) is 3. The van der Waals surface area contributed by atoms with Crippen molar-refractivity contribution >= 4 is 22.3 Å². The summed E-state index contributed by atoms with van der Waals surface area (Å²) < 4.78 is 0. The largest absolute Gasteiger partial charge is 0.397 e. The van der Waals surface area contributed by atoms with Crippen LogP contribution in [0.3, 0.4) is 0 Å². The van der Waals surface area contributed by atoms with E-state index in [0.717, 1.165) is 22.5 Å². The smallest absolute Gasteiger partial charge is 0.0951 e. The molecule has 1 heterocycles. The van der Waals surface area contributed by atoms with Gasteiger partial charge in [0.05, 0.1) is 11.2 Å². The number of hydrogen-bond donors (Lipinski definition) is 1. The molecule has 2 unspecified atom stereocenters. The van der Waals surface area contributed by atoms with E-state index in [4.69, 9.17) is 5.73 Å². The zero-order chi connectivity index (χ0) is 14.1. The van der Waals surface area contributed by atoms with E-state index >= 15 is 0 Å². The van der Waals surface area contributed by atoms with Crippen LogP contribution in [0.2, 0.25) is 0 Å². The molecule has 3 nitrogen and oxygen atoms in total. The highest BCUT2D eigenvalue weighted by Crippen LogP contribution is 2.33. The first-order valence-corrected chi connectivity index (χ1v) is 7.53. The molecule has 2 aromatic rings. The Bertz CT molecular complexity index is 608. The molecule has 1 fully saturated rings. The van der Waals surface area contributed by atoms with E-state index in [0.29, 0.717) is 6.04 Å². The Hall–Kier alpha value is -1.77. The van der Waals surface area contributed by atoms with Crippen LogP contribution in [-0.2, 0) is 0 Å². The predicted octanol–water partition coefficient (Wildman–Crippen LogP) is 3.83. The van der Waals surface area contributed by atoms with Crippen molar-refractivity contribution in [2.45, 2.75) is 38.6 Å². The van der Waals surface area contributed by atoms with Crippen molar-refractivity contribution in [3.05, 3.63) is 30.5 Å². The number of nitrogens with two attached hydrogens (primary N) is 1. The van der Waals surface area contributed by atoms with Gasteiger partial charge in [-0.15, -0.1) is 0 Å². The van der Waals surface area contributed by atoms with Crippen molar-refractivity contribution in [2.75, 3.05) is 17.7 Å². The van der Waals surface area contributed by atoms with E-state index in [2.05, 4.69) is 36.0 Å². The molecule has 1 saturated carbocycles. The first kappa shape index (κ1) is 13.2. The Morgan fingerprint density at radius 3 is 2.90 bits per heavy atom. The number of rotatable bonds is 2. The highest BCUT2D eigenvalue weighted by molar-refractivity contribution is 5.98. The van der Waals surface area contributed by atoms with Gasteiger partial charge in [-0.3, -0.25) is 4.98 Å². The maximum absolute atomic E-state index is 6.04. The lowest BCUT2D eigenvalue weighted by Crippen LogP contribution is -2.35. The van der Waals surface area contributed by atoms with Crippen molar-refractivity contribution in [3.63, 3.8) is 0 Å². The first-order valence-electron chi connectivity index (χ1n) is 7.53. The van der Waals surface area contributed by atoms with Gasteiger partial charge in [-0.05, 0) is 30.9 Å². The third kappa shape index (κ3) is 2.33. The van der Waals surface area contributed by atoms with Crippen LogP contribution in [0.15, 0.2) is 30.5 Å². The van der Waals surface area contributed by atoms with Gasteiger partial charge in [0, 0.05) is 30.4 Å². The zero-order valence-electron chi connectivity index (χ0n) is 12.3. The fraction of sp³-hybridized carbons (Fsp3) is 0.471. The molecule has 3 rings (SSSR count). The second kappa shape index (κ2) is 5.31. The van der Waals surface area contributed by atoms with E-state index < -0.39 is 0 Å². The Morgan fingerprint density at radius 1 is 1.25 bits per heavy atom. The topological polar surface area (TPSA) is 42.2 Å².